The molecule has 0 aromatic heterocycles. The molecule has 0 atom stereocenters. The summed E-state index contributed by atoms with van der Waals surface area (Å²) in [7, 11) is 0. The molecule has 0 amide bonds. The van der Waals surface area contributed by atoms with Crippen LogP contribution in [0, 0.1) is 6.57 Å². The van der Waals surface area contributed by atoms with Crippen LogP contribution in [0.15, 0.2) is 24.3 Å². The summed E-state index contributed by atoms with van der Waals surface area (Å²) in [5.74, 6) is 0. The molecule has 0 fully saturated rings. The molecule has 0 saturated carbocycles. The zero-order chi connectivity index (χ0) is 15.6. The van der Waals surface area contributed by atoms with Crippen molar-refractivity contribution in [1.82, 2.24) is 0 Å². The van der Waals surface area contributed by atoms with Crippen LogP contribution in [0.25, 0.3) is 4.85 Å². The van der Waals surface area contributed by atoms with E-state index in [1.165, 1.54) is 51.8 Å². The summed E-state index contributed by atoms with van der Waals surface area (Å²) >= 11 is -2.25. The topological polar surface area (TPSA) is 4.36 Å². The molecule has 116 valence electrons. The molecular formula is C19H31NSn. The Kier molecular flexibility index (Phi) is 9.08. The van der Waals surface area contributed by atoms with Gasteiger partial charge in [0.25, 0.3) is 0 Å². The van der Waals surface area contributed by atoms with Crippen LogP contribution in [-0.4, -0.2) is 18.4 Å². The Morgan fingerprint density at radius 3 is 1.57 bits per heavy atom. The van der Waals surface area contributed by atoms with Gasteiger partial charge in [-0.05, 0) is 0 Å². The Bertz CT molecular complexity index is 408. The van der Waals surface area contributed by atoms with Gasteiger partial charge in [0.2, 0.25) is 0 Å². The number of hydrogen-bond donors (Lipinski definition) is 0. The summed E-state index contributed by atoms with van der Waals surface area (Å²) in [5, 5.41) is 0. The molecule has 1 aromatic carbocycles. The number of unbranched alkanes of at least 4 members (excludes halogenated alkanes) is 3. The van der Waals surface area contributed by atoms with Crippen LogP contribution in [0.2, 0.25) is 13.3 Å². The number of benzene rings is 1. The van der Waals surface area contributed by atoms with Gasteiger partial charge in [0.05, 0.1) is 0 Å². The van der Waals surface area contributed by atoms with Crippen molar-refractivity contribution in [1.29, 1.82) is 0 Å². The SMILES string of the molecule is [C-]#[N+]c1cc[c]([Sn]([CH2]CCC)([CH2]CCC)[CH2]CCC)cc1. The molecule has 0 aliphatic carbocycles. The summed E-state index contributed by atoms with van der Waals surface area (Å²) in [4.78, 5) is 3.55. The van der Waals surface area contributed by atoms with E-state index in [9.17, 15) is 0 Å². The van der Waals surface area contributed by atoms with E-state index < -0.39 is 18.4 Å². The molecule has 0 saturated heterocycles. The van der Waals surface area contributed by atoms with E-state index in [1.807, 2.05) is 0 Å². The molecule has 0 N–H and O–H groups in total. The second-order valence-electron chi connectivity index (χ2n) is 6.25. The molecule has 0 bridgehead atoms. The molecule has 0 aliphatic rings. The molecular weight excluding hydrogens is 361 g/mol. The fourth-order valence-corrected chi connectivity index (χ4v) is 19.2. The van der Waals surface area contributed by atoms with Gasteiger partial charge in [-0.25, -0.2) is 0 Å². The van der Waals surface area contributed by atoms with E-state index in [2.05, 4.69) is 49.9 Å². The van der Waals surface area contributed by atoms with Gasteiger partial charge in [-0.15, -0.1) is 0 Å². The first-order valence-electron chi connectivity index (χ1n) is 8.70. The van der Waals surface area contributed by atoms with Gasteiger partial charge in [0.1, 0.15) is 0 Å². The van der Waals surface area contributed by atoms with E-state index in [0.717, 1.165) is 5.69 Å². The van der Waals surface area contributed by atoms with E-state index in [4.69, 9.17) is 6.57 Å². The maximum absolute atomic E-state index is 7.14. The fraction of sp³-hybridized carbons (Fsp3) is 0.632. The van der Waals surface area contributed by atoms with E-state index in [1.54, 1.807) is 3.58 Å². The molecule has 1 aromatic rings. The predicted molar refractivity (Wildman–Crippen MR) is 97.2 cm³/mol. The third-order valence-corrected chi connectivity index (χ3v) is 20.3. The first-order valence-corrected chi connectivity index (χ1v) is 16.2. The first-order chi connectivity index (χ1) is 10.2. The Labute approximate surface area is 135 Å². The van der Waals surface area contributed by atoms with Crippen LogP contribution in [0.3, 0.4) is 0 Å². The summed E-state index contributed by atoms with van der Waals surface area (Å²) in [5.41, 5.74) is 0.792. The second kappa shape index (κ2) is 10.3. The van der Waals surface area contributed by atoms with Crippen molar-refractivity contribution in [3.8, 4) is 0 Å². The third kappa shape index (κ3) is 5.66. The van der Waals surface area contributed by atoms with Crippen LogP contribution in [0.4, 0.5) is 5.69 Å². The molecule has 0 spiro atoms. The average Bonchev–Trinajstić information content (AvgIpc) is 2.55. The van der Waals surface area contributed by atoms with Gasteiger partial charge >= 0.3 is 136 Å². The minimum atomic E-state index is -2.25. The van der Waals surface area contributed by atoms with Gasteiger partial charge in [-0.2, -0.15) is 0 Å². The summed E-state index contributed by atoms with van der Waals surface area (Å²) in [6, 6.07) is 8.73. The molecule has 0 aliphatic heterocycles. The molecule has 2 heteroatoms. The first kappa shape index (κ1) is 18.6. The van der Waals surface area contributed by atoms with Crippen LogP contribution in [0.5, 0.6) is 0 Å². The molecule has 1 rings (SSSR count). The Balaban J connectivity index is 3.06. The van der Waals surface area contributed by atoms with Crippen molar-refractivity contribution in [3.63, 3.8) is 0 Å². The standard InChI is InChI=1S/C7H4N.3C4H9.Sn/c1-8-7-5-3-2-4-6-7;3*1-3-4-2;/h3-6H;3*1,3-4H2,2H3;. The molecule has 1 nitrogen and oxygen atoms in total. The van der Waals surface area contributed by atoms with Crippen LogP contribution < -0.4 is 3.58 Å². The van der Waals surface area contributed by atoms with Crippen molar-refractivity contribution in [3.05, 3.63) is 35.7 Å². The zero-order valence-corrected chi connectivity index (χ0v) is 17.0. The Morgan fingerprint density at radius 2 is 1.24 bits per heavy atom. The minimum absolute atomic E-state index is 0.792. The molecule has 0 heterocycles. The normalized spacial score (nSPS) is 11.3. The average molecular weight is 392 g/mol. The van der Waals surface area contributed by atoms with Gasteiger partial charge in [-0.1, -0.05) is 0 Å². The molecule has 0 radical (unpaired) electrons. The van der Waals surface area contributed by atoms with Gasteiger partial charge < -0.3 is 0 Å². The maximum atomic E-state index is 7.14. The van der Waals surface area contributed by atoms with Gasteiger partial charge in [0, 0.05) is 0 Å². The van der Waals surface area contributed by atoms with Crippen molar-refractivity contribution >= 4 is 27.6 Å². The monoisotopic (exact) mass is 393 g/mol. The van der Waals surface area contributed by atoms with Crippen molar-refractivity contribution in [2.24, 2.45) is 0 Å². The predicted octanol–water partition coefficient (Wildman–Crippen LogP) is 6.29. The number of hydrogen-bond acceptors (Lipinski definition) is 0. The Morgan fingerprint density at radius 1 is 0.810 bits per heavy atom. The van der Waals surface area contributed by atoms with Crippen LogP contribution in [0.1, 0.15) is 59.3 Å². The van der Waals surface area contributed by atoms with Crippen LogP contribution in [-0.2, 0) is 0 Å². The van der Waals surface area contributed by atoms with Crippen molar-refractivity contribution < 1.29 is 0 Å². The number of rotatable bonds is 10. The van der Waals surface area contributed by atoms with Crippen LogP contribution >= 0.6 is 0 Å². The van der Waals surface area contributed by atoms with Crippen molar-refractivity contribution in [2.75, 3.05) is 0 Å². The second-order valence-corrected chi connectivity index (χ2v) is 19.5. The quantitative estimate of drug-likeness (QED) is 0.326. The summed E-state index contributed by atoms with van der Waals surface area (Å²) in [6.07, 6.45) is 8.14. The summed E-state index contributed by atoms with van der Waals surface area (Å²) in [6.45, 7) is 14.1. The molecule has 0 unspecified atom stereocenters. The van der Waals surface area contributed by atoms with Crippen molar-refractivity contribution in [2.45, 2.75) is 72.6 Å². The van der Waals surface area contributed by atoms with E-state index in [-0.39, 0.29) is 0 Å². The summed E-state index contributed by atoms with van der Waals surface area (Å²) < 4.78 is 6.18. The van der Waals surface area contributed by atoms with E-state index >= 15 is 0 Å². The van der Waals surface area contributed by atoms with E-state index in [0.29, 0.717) is 0 Å². The van der Waals surface area contributed by atoms with Gasteiger partial charge in [0.15, 0.2) is 0 Å². The van der Waals surface area contributed by atoms with Gasteiger partial charge in [-0.3, -0.25) is 0 Å². The third-order valence-electron chi connectivity index (χ3n) is 4.64. The molecule has 21 heavy (non-hydrogen) atoms. The zero-order valence-electron chi connectivity index (χ0n) is 14.1. The Hall–Kier alpha value is -0.491. The number of nitrogens with zero attached hydrogens (tertiary/aromatic N) is 1. The fourth-order valence-electron chi connectivity index (χ4n) is 3.24.